The maximum absolute atomic E-state index is 13.5. The van der Waals surface area contributed by atoms with Crippen molar-refractivity contribution in [2.24, 2.45) is 11.8 Å². The fourth-order valence-electron chi connectivity index (χ4n) is 3.77. The van der Waals surface area contributed by atoms with Gasteiger partial charge in [0.15, 0.2) is 0 Å². The van der Waals surface area contributed by atoms with Gasteiger partial charge in [0.05, 0.1) is 17.9 Å². The quantitative estimate of drug-likeness (QED) is 0.835. The lowest BCUT2D eigenvalue weighted by Gasteiger charge is -2.33. The third kappa shape index (κ3) is 4.27. The number of pyridine rings is 1. The highest BCUT2D eigenvalue weighted by atomic mass is 19.4. The predicted octanol–water partition coefficient (Wildman–Crippen LogP) is 1.26. The van der Waals surface area contributed by atoms with E-state index in [9.17, 15) is 23.1 Å². The molecule has 0 radical (unpaired) electrons. The summed E-state index contributed by atoms with van der Waals surface area (Å²) in [6.45, 7) is 0.759. The molecule has 2 saturated heterocycles. The van der Waals surface area contributed by atoms with Crippen molar-refractivity contribution >= 4 is 11.7 Å². The molecule has 144 valence electrons. The summed E-state index contributed by atoms with van der Waals surface area (Å²) in [5.74, 6) is -2.94. The summed E-state index contributed by atoms with van der Waals surface area (Å²) >= 11 is 0. The third-order valence-corrected chi connectivity index (χ3v) is 5.16. The van der Waals surface area contributed by atoms with Crippen molar-refractivity contribution in [2.45, 2.75) is 31.7 Å². The van der Waals surface area contributed by atoms with Crippen molar-refractivity contribution in [1.82, 2.24) is 14.8 Å². The molecule has 0 spiro atoms. The fraction of sp³-hybridized carbons (Fsp3) is 0.647. The van der Waals surface area contributed by atoms with Crippen LogP contribution in [0.15, 0.2) is 18.3 Å². The molecule has 0 aliphatic carbocycles. The van der Waals surface area contributed by atoms with Crippen LogP contribution in [0.5, 0.6) is 0 Å². The van der Waals surface area contributed by atoms with Gasteiger partial charge in [0, 0.05) is 38.9 Å². The third-order valence-electron chi connectivity index (χ3n) is 5.16. The number of nitrogens with zero attached hydrogens (tertiary/aromatic N) is 3. The maximum Gasteiger partial charge on any atom is 0.393 e. The molecule has 2 atom stereocenters. The predicted molar refractivity (Wildman–Crippen MR) is 88.8 cm³/mol. The summed E-state index contributed by atoms with van der Waals surface area (Å²) < 4.78 is 40.5. The SMILES string of the molecule is Nc1cc(CN2C[C@H](C(=O)N3CCC(O)CC3)[C@@H](C(F)(F)F)C2)ccn1. The van der Waals surface area contributed by atoms with E-state index in [2.05, 4.69) is 4.98 Å². The molecule has 2 fully saturated rings. The van der Waals surface area contributed by atoms with Crippen LogP contribution < -0.4 is 5.73 Å². The Balaban J connectivity index is 1.71. The highest BCUT2D eigenvalue weighted by Crippen LogP contribution is 2.39. The molecule has 3 rings (SSSR count). The molecule has 0 bridgehead atoms. The number of hydrogen-bond donors (Lipinski definition) is 2. The molecule has 1 aromatic rings. The van der Waals surface area contributed by atoms with Gasteiger partial charge < -0.3 is 15.7 Å². The lowest BCUT2D eigenvalue weighted by atomic mass is 9.93. The van der Waals surface area contributed by atoms with Gasteiger partial charge in [-0.3, -0.25) is 9.69 Å². The summed E-state index contributed by atoms with van der Waals surface area (Å²) in [5, 5.41) is 9.54. The Morgan fingerprint density at radius 1 is 1.31 bits per heavy atom. The van der Waals surface area contributed by atoms with Crippen molar-refractivity contribution in [1.29, 1.82) is 0 Å². The van der Waals surface area contributed by atoms with Crippen LogP contribution in [0.1, 0.15) is 18.4 Å². The van der Waals surface area contributed by atoms with E-state index in [1.54, 1.807) is 17.0 Å². The number of alkyl halides is 3. The van der Waals surface area contributed by atoms with E-state index in [4.69, 9.17) is 5.73 Å². The summed E-state index contributed by atoms with van der Waals surface area (Å²) in [7, 11) is 0. The van der Waals surface area contributed by atoms with Crippen LogP contribution in [-0.2, 0) is 11.3 Å². The number of aliphatic hydroxyl groups is 1. The number of halogens is 3. The van der Waals surface area contributed by atoms with Gasteiger partial charge in [-0.2, -0.15) is 13.2 Å². The maximum atomic E-state index is 13.5. The highest BCUT2D eigenvalue weighted by molar-refractivity contribution is 5.80. The number of nitrogen functional groups attached to an aromatic ring is 1. The number of carbonyl (C=O) groups excluding carboxylic acids is 1. The molecule has 2 aliphatic heterocycles. The van der Waals surface area contributed by atoms with Crippen molar-refractivity contribution in [2.75, 3.05) is 31.9 Å². The van der Waals surface area contributed by atoms with Gasteiger partial charge in [0.25, 0.3) is 0 Å². The van der Waals surface area contributed by atoms with Crippen molar-refractivity contribution in [3.05, 3.63) is 23.9 Å². The Hall–Kier alpha value is -1.87. The zero-order chi connectivity index (χ0) is 18.9. The molecule has 0 unspecified atom stereocenters. The van der Waals surface area contributed by atoms with Crippen LogP contribution in [0.4, 0.5) is 19.0 Å². The first-order valence-corrected chi connectivity index (χ1v) is 8.70. The standard InChI is InChI=1S/C17H23F3N4O2/c18-17(19,20)14-10-23(8-11-1-4-22-15(21)7-11)9-13(14)16(26)24-5-2-12(25)3-6-24/h1,4,7,12-14,25H,2-3,5-6,8-10H2,(H2,21,22)/t13-,14-/m0/s1. The molecule has 1 amide bonds. The molecule has 6 nitrogen and oxygen atoms in total. The van der Waals surface area contributed by atoms with Crippen LogP contribution in [0.2, 0.25) is 0 Å². The van der Waals surface area contributed by atoms with Gasteiger partial charge in [0.1, 0.15) is 5.82 Å². The number of piperidine rings is 1. The van der Waals surface area contributed by atoms with Gasteiger partial charge in [-0.15, -0.1) is 0 Å². The molecule has 2 aliphatic rings. The van der Waals surface area contributed by atoms with Crippen molar-refractivity contribution in [3.63, 3.8) is 0 Å². The average molecular weight is 372 g/mol. The monoisotopic (exact) mass is 372 g/mol. The van der Waals surface area contributed by atoms with E-state index in [-0.39, 0.29) is 13.1 Å². The largest absolute Gasteiger partial charge is 0.393 e. The first-order chi connectivity index (χ1) is 12.2. The van der Waals surface area contributed by atoms with Crippen LogP contribution in [-0.4, -0.2) is 64.3 Å². The minimum absolute atomic E-state index is 0.0598. The van der Waals surface area contributed by atoms with E-state index in [0.29, 0.717) is 38.3 Å². The van der Waals surface area contributed by atoms with Gasteiger partial charge in [-0.1, -0.05) is 0 Å². The zero-order valence-corrected chi connectivity index (χ0v) is 14.3. The second-order valence-electron chi connectivity index (χ2n) is 7.09. The molecular formula is C17H23F3N4O2. The molecule has 0 aromatic carbocycles. The van der Waals surface area contributed by atoms with Crippen LogP contribution >= 0.6 is 0 Å². The molecule has 1 aromatic heterocycles. The average Bonchev–Trinajstić information content (AvgIpc) is 2.99. The van der Waals surface area contributed by atoms with Crippen LogP contribution in [0, 0.1) is 11.8 Å². The lowest BCUT2D eigenvalue weighted by Crippen LogP contribution is -2.46. The topological polar surface area (TPSA) is 82.7 Å². The molecule has 3 heterocycles. The molecule has 9 heteroatoms. The number of hydrogen-bond acceptors (Lipinski definition) is 5. The Bertz CT molecular complexity index is 647. The van der Waals surface area contributed by atoms with Crippen molar-refractivity contribution in [3.8, 4) is 0 Å². The first kappa shape index (κ1) is 18.9. The summed E-state index contributed by atoms with van der Waals surface area (Å²) in [5.41, 5.74) is 6.39. The Kier molecular flexibility index (Phi) is 5.38. The molecular weight excluding hydrogens is 349 g/mol. The normalized spacial score (nSPS) is 25.6. The Morgan fingerprint density at radius 2 is 2.00 bits per heavy atom. The number of nitrogens with two attached hydrogens (primary N) is 1. The second-order valence-corrected chi connectivity index (χ2v) is 7.09. The summed E-state index contributed by atoms with van der Waals surface area (Å²) in [6, 6.07) is 3.34. The van der Waals surface area contributed by atoms with Gasteiger partial charge >= 0.3 is 6.18 Å². The second kappa shape index (κ2) is 7.40. The van der Waals surface area contributed by atoms with Gasteiger partial charge in [0.2, 0.25) is 5.91 Å². The minimum atomic E-state index is -4.43. The summed E-state index contributed by atoms with van der Waals surface area (Å²) in [6.07, 6.45) is -2.56. The first-order valence-electron chi connectivity index (χ1n) is 8.70. The molecule has 3 N–H and O–H groups in total. The molecule has 0 saturated carbocycles. The number of carbonyl (C=O) groups is 1. The minimum Gasteiger partial charge on any atom is -0.393 e. The van der Waals surface area contributed by atoms with Crippen molar-refractivity contribution < 1.29 is 23.1 Å². The van der Waals surface area contributed by atoms with E-state index in [0.717, 1.165) is 5.56 Å². The van der Waals surface area contributed by atoms with E-state index in [1.807, 2.05) is 0 Å². The fourth-order valence-corrected chi connectivity index (χ4v) is 3.77. The number of aromatic nitrogens is 1. The van der Waals surface area contributed by atoms with Gasteiger partial charge in [-0.25, -0.2) is 4.98 Å². The van der Waals surface area contributed by atoms with Crippen LogP contribution in [0.25, 0.3) is 0 Å². The highest BCUT2D eigenvalue weighted by Gasteiger charge is 2.53. The number of aliphatic hydroxyl groups excluding tert-OH is 1. The number of likely N-dealkylation sites (tertiary alicyclic amines) is 2. The number of rotatable bonds is 3. The number of amides is 1. The van der Waals surface area contributed by atoms with E-state index in [1.165, 1.54) is 11.1 Å². The Labute approximate surface area is 149 Å². The smallest absolute Gasteiger partial charge is 0.393 e. The zero-order valence-electron chi connectivity index (χ0n) is 14.3. The molecule has 26 heavy (non-hydrogen) atoms. The number of anilines is 1. The van der Waals surface area contributed by atoms with E-state index < -0.39 is 30.0 Å². The Morgan fingerprint density at radius 3 is 2.62 bits per heavy atom. The van der Waals surface area contributed by atoms with Crippen LogP contribution in [0.3, 0.4) is 0 Å². The van der Waals surface area contributed by atoms with Gasteiger partial charge in [-0.05, 0) is 30.5 Å². The lowest BCUT2D eigenvalue weighted by molar-refractivity contribution is -0.186. The van der Waals surface area contributed by atoms with E-state index >= 15 is 0 Å². The summed E-state index contributed by atoms with van der Waals surface area (Å²) in [4.78, 5) is 19.7.